The van der Waals surface area contributed by atoms with E-state index < -0.39 is 17.8 Å². The molecule has 1 rings (SSSR count). The number of carbonyl (C=O) groups is 2. The van der Waals surface area contributed by atoms with Gasteiger partial charge < -0.3 is 5.32 Å². The van der Waals surface area contributed by atoms with Crippen LogP contribution in [0.25, 0.3) is 0 Å². The van der Waals surface area contributed by atoms with E-state index in [9.17, 15) is 14.0 Å². The second-order valence-electron chi connectivity index (χ2n) is 3.64. The molecule has 0 fully saturated rings. The fourth-order valence-corrected chi connectivity index (χ4v) is 1.67. The lowest BCUT2D eigenvalue weighted by atomic mass is 10.1. The standard InChI is InChI=1S/C12H13BrFNO2/c1-3-11(16)7(2)15-12(17)9-5-4-8(13)6-10(9)14/h4-7H,3H2,1-2H3,(H,15,17). The van der Waals surface area contributed by atoms with Crippen molar-refractivity contribution in [2.24, 2.45) is 0 Å². The second-order valence-corrected chi connectivity index (χ2v) is 4.55. The molecule has 1 N–H and O–H groups in total. The summed E-state index contributed by atoms with van der Waals surface area (Å²) in [6.45, 7) is 3.30. The number of hydrogen-bond donors (Lipinski definition) is 1. The minimum atomic E-state index is -0.618. The van der Waals surface area contributed by atoms with Gasteiger partial charge in [-0.15, -0.1) is 0 Å². The van der Waals surface area contributed by atoms with Gasteiger partial charge in [0, 0.05) is 10.9 Å². The Morgan fingerprint density at radius 3 is 2.65 bits per heavy atom. The lowest BCUT2D eigenvalue weighted by Crippen LogP contribution is -2.38. The van der Waals surface area contributed by atoms with E-state index in [2.05, 4.69) is 21.2 Å². The number of halogens is 2. The molecule has 1 aromatic rings. The van der Waals surface area contributed by atoms with Gasteiger partial charge in [-0.2, -0.15) is 0 Å². The van der Waals surface area contributed by atoms with E-state index >= 15 is 0 Å². The zero-order valence-electron chi connectivity index (χ0n) is 9.59. The van der Waals surface area contributed by atoms with Crippen LogP contribution in [0.1, 0.15) is 30.6 Å². The highest BCUT2D eigenvalue weighted by Crippen LogP contribution is 2.15. The van der Waals surface area contributed by atoms with Crippen molar-refractivity contribution in [3.63, 3.8) is 0 Å². The van der Waals surface area contributed by atoms with Crippen molar-refractivity contribution in [3.05, 3.63) is 34.1 Å². The van der Waals surface area contributed by atoms with Gasteiger partial charge >= 0.3 is 0 Å². The fraction of sp³-hybridized carbons (Fsp3) is 0.333. The maximum absolute atomic E-state index is 13.5. The molecule has 0 saturated carbocycles. The summed E-state index contributed by atoms with van der Waals surface area (Å²) in [6, 6.07) is 3.55. The second kappa shape index (κ2) is 5.91. The van der Waals surface area contributed by atoms with Gasteiger partial charge in [-0.1, -0.05) is 22.9 Å². The minimum Gasteiger partial charge on any atom is -0.342 e. The monoisotopic (exact) mass is 301 g/mol. The highest BCUT2D eigenvalue weighted by Gasteiger charge is 2.17. The van der Waals surface area contributed by atoms with Gasteiger partial charge in [0.2, 0.25) is 0 Å². The number of hydrogen-bond acceptors (Lipinski definition) is 2. The van der Waals surface area contributed by atoms with E-state index in [-0.39, 0.29) is 11.3 Å². The molecule has 17 heavy (non-hydrogen) atoms. The van der Waals surface area contributed by atoms with Crippen molar-refractivity contribution < 1.29 is 14.0 Å². The van der Waals surface area contributed by atoms with Crippen LogP contribution >= 0.6 is 15.9 Å². The van der Waals surface area contributed by atoms with Crippen LogP contribution in [0.2, 0.25) is 0 Å². The first-order chi connectivity index (χ1) is 7.95. The minimum absolute atomic E-state index is 0.0658. The number of benzene rings is 1. The highest BCUT2D eigenvalue weighted by atomic mass is 79.9. The Morgan fingerprint density at radius 2 is 2.12 bits per heavy atom. The third kappa shape index (κ3) is 3.63. The number of Topliss-reactive ketones (excluding diaryl/α,β-unsaturated/α-hetero) is 1. The Kier molecular flexibility index (Phi) is 4.81. The summed E-state index contributed by atoms with van der Waals surface area (Å²) in [4.78, 5) is 23.0. The number of carbonyl (C=O) groups excluding carboxylic acids is 2. The van der Waals surface area contributed by atoms with Crippen LogP contribution < -0.4 is 5.32 Å². The van der Waals surface area contributed by atoms with Gasteiger partial charge in [0.15, 0.2) is 5.78 Å². The van der Waals surface area contributed by atoms with Crippen LogP contribution in [0.3, 0.4) is 0 Å². The average Bonchev–Trinajstić information content (AvgIpc) is 2.27. The van der Waals surface area contributed by atoms with Crippen molar-refractivity contribution in [2.45, 2.75) is 26.3 Å². The predicted octanol–water partition coefficient (Wildman–Crippen LogP) is 2.69. The zero-order chi connectivity index (χ0) is 13.0. The quantitative estimate of drug-likeness (QED) is 0.929. The van der Waals surface area contributed by atoms with Gasteiger partial charge in [-0.3, -0.25) is 9.59 Å². The maximum atomic E-state index is 13.5. The zero-order valence-corrected chi connectivity index (χ0v) is 11.2. The smallest absolute Gasteiger partial charge is 0.254 e. The molecule has 0 heterocycles. The van der Waals surface area contributed by atoms with Crippen molar-refractivity contribution in [2.75, 3.05) is 0 Å². The van der Waals surface area contributed by atoms with Crippen LogP contribution in [0.15, 0.2) is 22.7 Å². The summed E-state index contributed by atoms with van der Waals surface area (Å²) in [6.07, 6.45) is 0.338. The Bertz CT molecular complexity index is 448. The number of rotatable bonds is 4. The summed E-state index contributed by atoms with van der Waals surface area (Å²) < 4.78 is 14.0. The Hall–Kier alpha value is -1.23. The molecule has 1 amide bonds. The number of amides is 1. The van der Waals surface area contributed by atoms with E-state index in [1.54, 1.807) is 19.9 Å². The van der Waals surface area contributed by atoms with Crippen molar-refractivity contribution in [1.82, 2.24) is 5.32 Å². The Labute approximate surface area is 108 Å². The molecule has 5 heteroatoms. The molecule has 92 valence electrons. The SMILES string of the molecule is CCC(=O)C(C)NC(=O)c1ccc(Br)cc1F. The molecular formula is C12H13BrFNO2. The van der Waals surface area contributed by atoms with Crippen molar-refractivity contribution in [1.29, 1.82) is 0 Å². The Morgan fingerprint density at radius 1 is 1.47 bits per heavy atom. The highest BCUT2D eigenvalue weighted by molar-refractivity contribution is 9.10. The molecule has 0 saturated heterocycles. The molecule has 0 aliphatic rings. The molecule has 1 atom stereocenters. The van der Waals surface area contributed by atoms with Crippen LogP contribution in [-0.4, -0.2) is 17.7 Å². The fourth-order valence-electron chi connectivity index (χ4n) is 1.33. The maximum Gasteiger partial charge on any atom is 0.254 e. The molecule has 0 aliphatic heterocycles. The van der Waals surface area contributed by atoms with Crippen molar-refractivity contribution in [3.8, 4) is 0 Å². The molecular weight excluding hydrogens is 289 g/mol. The number of nitrogens with one attached hydrogen (secondary N) is 1. The summed E-state index contributed by atoms with van der Waals surface area (Å²) in [5.74, 6) is -1.28. The first kappa shape index (κ1) is 13.8. The van der Waals surface area contributed by atoms with Crippen LogP contribution in [0.5, 0.6) is 0 Å². The predicted molar refractivity (Wildman–Crippen MR) is 66.3 cm³/mol. The average molecular weight is 302 g/mol. The summed E-state index contributed by atoms with van der Waals surface area (Å²) >= 11 is 3.10. The molecule has 3 nitrogen and oxygen atoms in total. The van der Waals surface area contributed by atoms with E-state index in [4.69, 9.17) is 0 Å². The van der Waals surface area contributed by atoms with E-state index in [1.807, 2.05) is 0 Å². The largest absolute Gasteiger partial charge is 0.342 e. The summed E-state index contributed by atoms with van der Waals surface area (Å²) in [5, 5.41) is 2.46. The first-order valence-electron chi connectivity index (χ1n) is 5.24. The van der Waals surface area contributed by atoms with E-state index in [1.165, 1.54) is 12.1 Å². The third-order valence-corrected chi connectivity index (χ3v) is 2.85. The lowest BCUT2D eigenvalue weighted by Gasteiger charge is -2.12. The molecule has 1 unspecified atom stereocenters. The molecule has 0 aliphatic carbocycles. The summed E-state index contributed by atoms with van der Waals surface area (Å²) in [7, 11) is 0. The van der Waals surface area contributed by atoms with Gasteiger partial charge in [0.05, 0.1) is 11.6 Å². The topological polar surface area (TPSA) is 46.2 Å². The summed E-state index contributed by atoms with van der Waals surface area (Å²) in [5.41, 5.74) is -0.0658. The molecule has 1 aromatic carbocycles. The van der Waals surface area contributed by atoms with Gasteiger partial charge in [-0.05, 0) is 25.1 Å². The van der Waals surface area contributed by atoms with E-state index in [0.717, 1.165) is 0 Å². The van der Waals surface area contributed by atoms with Crippen LogP contribution in [-0.2, 0) is 4.79 Å². The van der Waals surface area contributed by atoms with Crippen LogP contribution in [0, 0.1) is 5.82 Å². The first-order valence-corrected chi connectivity index (χ1v) is 6.03. The normalized spacial score (nSPS) is 12.0. The van der Waals surface area contributed by atoms with Gasteiger partial charge in [0.1, 0.15) is 5.82 Å². The Balaban J connectivity index is 2.80. The molecule has 0 spiro atoms. The van der Waals surface area contributed by atoms with E-state index in [0.29, 0.717) is 10.9 Å². The van der Waals surface area contributed by atoms with Gasteiger partial charge in [-0.25, -0.2) is 4.39 Å². The van der Waals surface area contributed by atoms with Crippen LogP contribution in [0.4, 0.5) is 4.39 Å². The molecule has 0 bridgehead atoms. The molecule has 0 aromatic heterocycles. The van der Waals surface area contributed by atoms with Gasteiger partial charge in [0.25, 0.3) is 5.91 Å². The number of ketones is 1. The van der Waals surface area contributed by atoms with Crippen molar-refractivity contribution >= 4 is 27.6 Å². The molecule has 0 radical (unpaired) electrons. The third-order valence-electron chi connectivity index (χ3n) is 2.35. The lowest BCUT2D eigenvalue weighted by molar-refractivity contribution is -0.120.